The molecule has 1 nitrogen and oxygen atoms in total. The Morgan fingerprint density at radius 3 is 2.11 bits per heavy atom. The molecule has 0 bridgehead atoms. The van der Waals surface area contributed by atoms with E-state index in [-0.39, 0.29) is 0 Å². The highest BCUT2D eigenvalue weighted by Gasteiger charge is 2.15. The Labute approximate surface area is 120 Å². The minimum absolute atomic E-state index is 0.306. The van der Waals surface area contributed by atoms with Crippen LogP contribution in [0.1, 0.15) is 5.56 Å². The first-order valence-corrected chi connectivity index (χ1v) is 6.94. The molecule has 0 aliphatic rings. The second-order valence-electron chi connectivity index (χ2n) is 4.57. The van der Waals surface area contributed by atoms with Crippen LogP contribution < -0.4 is 0 Å². The topological polar surface area (TPSA) is 20.2 Å². The SMILES string of the molecule is Cc1c(-c2ccccc2)c(Br)c(O)c2ccccc12. The molecule has 0 atom stereocenters. The molecule has 0 aliphatic carbocycles. The van der Waals surface area contributed by atoms with Gasteiger partial charge in [-0.2, -0.15) is 0 Å². The molecule has 19 heavy (non-hydrogen) atoms. The third kappa shape index (κ3) is 1.92. The number of benzene rings is 3. The lowest BCUT2D eigenvalue weighted by atomic mass is 9.94. The summed E-state index contributed by atoms with van der Waals surface area (Å²) in [5.41, 5.74) is 3.33. The van der Waals surface area contributed by atoms with Gasteiger partial charge in [0.05, 0.1) is 4.47 Å². The highest BCUT2D eigenvalue weighted by Crippen LogP contribution is 2.43. The van der Waals surface area contributed by atoms with Gasteiger partial charge in [0.15, 0.2) is 0 Å². The Morgan fingerprint density at radius 2 is 1.42 bits per heavy atom. The summed E-state index contributed by atoms with van der Waals surface area (Å²) in [6, 6.07) is 18.0. The Hall–Kier alpha value is -1.80. The third-order valence-electron chi connectivity index (χ3n) is 3.45. The lowest BCUT2D eigenvalue weighted by Crippen LogP contribution is -1.89. The van der Waals surface area contributed by atoms with E-state index >= 15 is 0 Å². The van der Waals surface area contributed by atoms with Gasteiger partial charge in [0, 0.05) is 10.9 Å². The molecule has 1 N–H and O–H groups in total. The molecule has 0 fully saturated rings. The summed E-state index contributed by atoms with van der Waals surface area (Å²) in [5, 5.41) is 12.3. The van der Waals surface area contributed by atoms with E-state index < -0.39 is 0 Å². The number of aryl methyl sites for hydroxylation is 1. The normalized spacial score (nSPS) is 10.8. The van der Waals surface area contributed by atoms with E-state index in [2.05, 4.69) is 35.0 Å². The average Bonchev–Trinajstić information content (AvgIpc) is 2.46. The molecule has 0 saturated heterocycles. The van der Waals surface area contributed by atoms with Crippen molar-refractivity contribution in [2.75, 3.05) is 0 Å². The fourth-order valence-electron chi connectivity index (χ4n) is 2.50. The Morgan fingerprint density at radius 1 is 0.842 bits per heavy atom. The number of fused-ring (bicyclic) bond motifs is 1. The molecular formula is C17H13BrO. The summed E-state index contributed by atoms with van der Waals surface area (Å²) in [5.74, 6) is 0.306. The van der Waals surface area contributed by atoms with E-state index in [1.807, 2.05) is 42.5 Å². The van der Waals surface area contributed by atoms with Crippen molar-refractivity contribution in [2.45, 2.75) is 6.92 Å². The monoisotopic (exact) mass is 312 g/mol. The molecule has 2 heteroatoms. The van der Waals surface area contributed by atoms with E-state index in [1.54, 1.807) is 0 Å². The predicted octanol–water partition coefficient (Wildman–Crippen LogP) is 5.28. The maximum atomic E-state index is 10.4. The molecule has 0 unspecified atom stereocenters. The zero-order valence-electron chi connectivity index (χ0n) is 10.5. The zero-order valence-corrected chi connectivity index (χ0v) is 12.1. The molecule has 0 heterocycles. The van der Waals surface area contributed by atoms with Crippen LogP contribution in [0.2, 0.25) is 0 Å². The number of hydrogen-bond acceptors (Lipinski definition) is 1. The molecule has 0 saturated carbocycles. The van der Waals surface area contributed by atoms with Crippen molar-refractivity contribution < 1.29 is 5.11 Å². The van der Waals surface area contributed by atoms with Crippen LogP contribution in [0.3, 0.4) is 0 Å². The molecule has 3 aromatic rings. The van der Waals surface area contributed by atoms with Gasteiger partial charge in [0.1, 0.15) is 5.75 Å². The largest absolute Gasteiger partial charge is 0.506 e. The van der Waals surface area contributed by atoms with Gasteiger partial charge in [-0.05, 0) is 39.4 Å². The summed E-state index contributed by atoms with van der Waals surface area (Å²) in [7, 11) is 0. The minimum atomic E-state index is 0.306. The molecule has 0 radical (unpaired) electrons. The number of phenolic OH excluding ortho intramolecular Hbond substituents is 1. The second-order valence-corrected chi connectivity index (χ2v) is 5.37. The lowest BCUT2D eigenvalue weighted by molar-refractivity contribution is 0.478. The molecule has 3 aromatic carbocycles. The van der Waals surface area contributed by atoms with Gasteiger partial charge in [-0.15, -0.1) is 0 Å². The molecule has 94 valence electrons. The van der Waals surface area contributed by atoms with Crippen LogP contribution in [-0.4, -0.2) is 5.11 Å². The van der Waals surface area contributed by atoms with Crippen molar-refractivity contribution >= 4 is 26.7 Å². The maximum absolute atomic E-state index is 10.4. The van der Waals surface area contributed by atoms with Crippen LogP contribution in [-0.2, 0) is 0 Å². The Kier molecular flexibility index (Phi) is 3.03. The van der Waals surface area contributed by atoms with Gasteiger partial charge in [-0.3, -0.25) is 0 Å². The number of phenols is 1. The lowest BCUT2D eigenvalue weighted by Gasteiger charge is -2.14. The highest BCUT2D eigenvalue weighted by atomic mass is 79.9. The quantitative estimate of drug-likeness (QED) is 0.648. The van der Waals surface area contributed by atoms with Crippen LogP contribution in [0.25, 0.3) is 21.9 Å². The first-order chi connectivity index (χ1) is 9.20. The van der Waals surface area contributed by atoms with E-state index in [0.29, 0.717) is 5.75 Å². The Bertz CT molecular complexity index is 748. The second kappa shape index (κ2) is 4.71. The van der Waals surface area contributed by atoms with Gasteiger partial charge in [0.2, 0.25) is 0 Å². The summed E-state index contributed by atoms with van der Waals surface area (Å²) >= 11 is 3.54. The first kappa shape index (κ1) is 12.2. The van der Waals surface area contributed by atoms with Gasteiger partial charge in [-0.1, -0.05) is 54.6 Å². The van der Waals surface area contributed by atoms with Gasteiger partial charge < -0.3 is 5.11 Å². The maximum Gasteiger partial charge on any atom is 0.138 e. The van der Waals surface area contributed by atoms with Gasteiger partial charge >= 0.3 is 0 Å². The van der Waals surface area contributed by atoms with Gasteiger partial charge in [0.25, 0.3) is 0 Å². The summed E-state index contributed by atoms with van der Waals surface area (Å²) in [6.45, 7) is 2.09. The summed E-state index contributed by atoms with van der Waals surface area (Å²) in [6.07, 6.45) is 0. The number of aromatic hydroxyl groups is 1. The fourth-order valence-corrected chi connectivity index (χ4v) is 3.24. The molecular weight excluding hydrogens is 300 g/mol. The molecule has 0 amide bonds. The van der Waals surface area contributed by atoms with Crippen molar-refractivity contribution in [3.63, 3.8) is 0 Å². The van der Waals surface area contributed by atoms with E-state index in [0.717, 1.165) is 26.4 Å². The average molecular weight is 313 g/mol. The number of hydrogen-bond donors (Lipinski definition) is 1. The molecule has 3 rings (SSSR count). The smallest absolute Gasteiger partial charge is 0.138 e. The van der Waals surface area contributed by atoms with Crippen LogP contribution in [0, 0.1) is 6.92 Å². The van der Waals surface area contributed by atoms with E-state index in [9.17, 15) is 5.11 Å². The highest BCUT2D eigenvalue weighted by molar-refractivity contribution is 9.10. The van der Waals surface area contributed by atoms with Crippen molar-refractivity contribution in [3.05, 3.63) is 64.6 Å². The molecule has 0 aromatic heterocycles. The first-order valence-electron chi connectivity index (χ1n) is 6.15. The van der Waals surface area contributed by atoms with Crippen molar-refractivity contribution in [1.29, 1.82) is 0 Å². The molecule has 0 aliphatic heterocycles. The number of halogens is 1. The fraction of sp³-hybridized carbons (Fsp3) is 0.0588. The minimum Gasteiger partial charge on any atom is -0.506 e. The third-order valence-corrected chi connectivity index (χ3v) is 4.22. The predicted molar refractivity (Wildman–Crippen MR) is 83.5 cm³/mol. The molecule has 0 spiro atoms. The standard InChI is InChI=1S/C17H13BrO/c1-11-13-9-5-6-10-14(13)17(19)16(18)15(11)12-7-3-2-4-8-12/h2-10,19H,1H3. The number of rotatable bonds is 1. The van der Waals surface area contributed by atoms with E-state index in [1.165, 1.54) is 5.56 Å². The van der Waals surface area contributed by atoms with Gasteiger partial charge in [-0.25, -0.2) is 0 Å². The van der Waals surface area contributed by atoms with Crippen LogP contribution in [0.5, 0.6) is 5.75 Å². The van der Waals surface area contributed by atoms with Crippen molar-refractivity contribution in [2.24, 2.45) is 0 Å². The van der Waals surface area contributed by atoms with Crippen molar-refractivity contribution in [1.82, 2.24) is 0 Å². The Balaban J connectivity index is 2.44. The van der Waals surface area contributed by atoms with Crippen LogP contribution in [0.15, 0.2) is 59.1 Å². The van der Waals surface area contributed by atoms with E-state index in [4.69, 9.17) is 0 Å². The van der Waals surface area contributed by atoms with Crippen LogP contribution >= 0.6 is 15.9 Å². The summed E-state index contributed by atoms with van der Waals surface area (Å²) < 4.78 is 0.759. The zero-order chi connectivity index (χ0) is 13.4. The van der Waals surface area contributed by atoms with Crippen LogP contribution in [0.4, 0.5) is 0 Å². The summed E-state index contributed by atoms with van der Waals surface area (Å²) in [4.78, 5) is 0. The van der Waals surface area contributed by atoms with Crippen molar-refractivity contribution in [3.8, 4) is 16.9 Å².